The molecule has 0 bridgehead atoms. The van der Waals surface area contributed by atoms with Crippen molar-refractivity contribution in [2.24, 2.45) is 0 Å². The number of hydrogen-bond acceptors (Lipinski definition) is 4. The lowest BCUT2D eigenvalue weighted by Gasteiger charge is -2.17. The molecule has 1 atom stereocenters. The Bertz CT molecular complexity index is 736. The van der Waals surface area contributed by atoms with Crippen molar-refractivity contribution < 1.29 is 9.59 Å². The third-order valence-corrected chi connectivity index (χ3v) is 4.94. The first-order valence-electron chi connectivity index (χ1n) is 7.91. The molecule has 3 rings (SSSR count). The molecule has 124 valence electrons. The number of aromatic nitrogens is 1. The summed E-state index contributed by atoms with van der Waals surface area (Å²) < 4.78 is 0. The zero-order valence-corrected chi connectivity index (χ0v) is 14.3. The topological polar surface area (TPSA) is 62.3 Å². The van der Waals surface area contributed by atoms with E-state index in [-0.39, 0.29) is 17.1 Å². The van der Waals surface area contributed by atoms with E-state index in [1.165, 1.54) is 11.8 Å². The first-order chi connectivity index (χ1) is 11.6. The van der Waals surface area contributed by atoms with E-state index >= 15 is 0 Å². The van der Waals surface area contributed by atoms with Crippen molar-refractivity contribution in [3.63, 3.8) is 0 Å². The molecule has 1 N–H and O–H groups in total. The van der Waals surface area contributed by atoms with Crippen LogP contribution in [-0.4, -0.2) is 28.6 Å². The maximum absolute atomic E-state index is 12.4. The van der Waals surface area contributed by atoms with Crippen LogP contribution >= 0.6 is 11.8 Å². The van der Waals surface area contributed by atoms with Gasteiger partial charge in [-0.3, -0.25) is 14.6 Å². The molecule has 2 aromatic rings. The van der Waals surface area contributed by atoms with E-state index in [0.717, 1.165) is 23.5 Å². The highest BCUT2D eigenvalue weighted by atomic mass is 32.2. The number of anilines is 2. The number of carbonyl (C=O) groups excluding carboxylic acids is 2. The number of rotatable bonds is 5. The predicted molar refractivity (Wildman–Crippen MR) is 96.2 cm³/mol. The molecule has 2 amide bonds. The lowest BCUT2D eigenvalue weighted by Crippen LogP contribution is -2.25. The fraction of sp³-hybridized carbons (Fsp3) is 0.278. The molecule has 1 aliphatic heterocycles. The molecule has 2 heterocycles. The van der Waals surface area contributed by atoms with Crippen molar-refractivity contribution >= 4 is 35.0 Å². The zero-order chi connectivity index (χ0) is 16.9. The average Bonchev–Trinajstić information content (AvgIpc) is 3.02. The molecule has 5 nitrogen and oxygen atoms in total. The first kappa shape index (κ1) is 16.5. The van der Waals surface area contributed by atoms with Gasteiger partial charge < -0.3 is 10.2 Å². The molecule has 0 radical (unpaired) electrons. The summed E-state index contributed by atoms with van der Waals surface area (Å²) in [7, 11) is 0. The van der Waals surface area contributed by atoms with E-state index in [1.807, 2.05) is 43.3 Å². The Morgan fingerprint density at radius 1 is 1.29 bits per heavy atom. The van der Waals surface area contributed by atoms with Crippen LogP contribution in [0, 0.1) is 0 Å². The third-order valence-electron chi connectivity index (χ3n) is 3.83. The number of amides is 2. The zero-order valence-electron chi connectivity index (χ0n) is 13.4. The van der Waals surface area contributed by atoms with Gasteiger partial charge in [0.25, 0.3) is 0 Å². The summed E-state index contributed by atoms with van der Waals surface area (Å²) in [6.45, 7) is 2.61. The minimum atomic E-state index is -0.232. The van der Waals surface area contributed by atoms with Crippen LogP contribution in [0.4, 0.5) is 11.4 Å². The Labute approximate surface area is 145 Å². The molecule has 0 unspecified atom stereocenters. The Morgan fingerprint density at radius 3 is 2.79 bits per heavy atom. The summed E-state index contributed by atoms with van der Waals surface area (Å²) in [5, 5.41) is 2.70. The van der Waals surface area contributed by atoms with Gasteiger partial charge in [0.05, 0.1) is 5.25 Å². The maximum Gasteiger partial charge on any atom is 0.237 e. The lowest BCUT2D eigenvalue weighted by molar-refractivity contribution is -0.117. The molecule has 0 spiro atoms. The van der Waals surface area contributed by atoms with Gasteiger partial charge in [-0.05, 0) is 43.7 Å². The normalized spacial score (nSPS) is 15.4. The number of thioether (sulfide) groups is 1. The summed E-state index contributed by atoms with van der Waals surface area (Å²) in [5.74, 6) is 0.0711. The van der Waals surface area contributed by atoms with Crippen LogP contribution in [0.3, 0.4) is 0 Å². The van der Waals surface area contributed by atoms with Crippen molar-refractivity contribution in [1.82, 2.24) is 4.98 Å². The highest BCUT2D eigenvalue weighted by Gasteiger charge is 2.22. The lowest BCUT2D eigenvalue weighted by atomic mass is 10.2. The molecular weight excluding hydrogens is 322 g/mol. The van der Waals surface area contributed by atoms with Crippen molar-refractivity contribution in [3.8, 4) is 0 Å². The number of nitrogens with zero attached hydrogens (tertiary/aromatic N) is 2. The predicted octanol–water partition coefficient (Wildman–Crippen LogP) is 3.33. The fourth-order valence-electron chi connectivity index (χ4n) is 2.59. The van der Waals surface area contributed by atoms with E-state index in [1.54, 1.807) is 17.3 Å². The van der Waals surface area contributed by atoms with Crippen molar-refractivity contribution in [1.29, 1.82) is 0 Å². The van der Waals surface area contributed by atoms with Crippen molar-refractivity contribution in [3.05, 3.63) is 48.8 Å². The van der Waals surface area contributed by atoms with Gasteiger partial charge in [0.1, 0.15) is 0 Å². The van der Waals surface area contributed by atoms with E-state index in [9.17, 15) is 9.59 Å². The average molecular weight is 341 g/mol. The van der Waals surface area contributed by atoms with Gasteiger partial charge in [0, 0.05) is 41.6 Å². The molecule has 6 heteroatoms. The number of hydrogen-bond donors (Lipinski definition) is 1. The smallest absolute Gasteiger partial charge is 0.237 e. The van der Waals surface area contributed by atoms with Crippen LogP contribution in [0.1, 0.15) is 19.8 Å². The minimum Gasteiger partial charge on any atom is -0.325 e. The summed E-state index contributed by atoms with van der Waals surface area (Å²) in [6, 6.07) is 11.2. The van der Waals surface area contributed by atoms with Gasteiger partial charge in [-0.25, -0.2) is 0 Å². The van der Waals surface area contributed by atoms with Crippen LogP contribution in [0.2, 0.25) is 0 Å². The third kappa shape index (κ3) is 3.94. The second kappa shape index (κ2) is 7.49. The summed E-state index contributed by atoms with van der Waals surface area (Å²) >= 11 is 1.48. The van der Waals surface area contributed by atoms with Crippen molar-refractivity contribution in [2.45, 2.75) is 29.9 Å². The number of benzene rings is 1. The molecule has 0 aliphatic carbocycles. The number of pyridine rings is 1. The van der Waals surface area contributed by atoms with E-state index in [4.69, 9.17) is 0 Å². The molecule has 1 saturated heterocycles. The molecular formula is C18H19N3O2S. The summed E-state index contributed by atoms with van der Waals surface area (Å²) in [4.78, 5) is 31.0. The monoisotopic (exact) mass is 341 g/mol. The molecule has 24 heavy (non-hydrogen) atoms. The summed E-state index contributed by atoms with van der Waals surface area (Å²) in [5.41, 5.74) is 1.55. The number of nitrogens with one attached hydrogen (secondary N) is 1. The van der Waals surface area contributed by atoms with Crippen LogP contribution < -0.4 is 10.2 Å². The second-order valence-electron chi connectivity index (χ2n) is 5.63. The molecule has 1 aromatic heterocycles. The van der Waals surface area contributed by atoms with E-state index in [2.05, 4.69) is 10.3 Å². The van der Waals surface area contributed by atoms with Gasteiger partial charge in [0.15, 0.2) is 0 Å². The maximum atomic E-state index is 12.4. The number of carbonyl (C=O) groups is 2. The Hall–Kier alpha value is -2.34. The van der Waals surface area contributed by atoms with Crippen LogP contribution in [0.25, 0.3) is 0 Å². The van der Waals surface area contributed by atoms with Gasteiger partial charge >= 0.3 is 0 Å². The highest BCUT2D eigenvalue weighted by Crippen LogP contribution is 2.26. The highest BCUT2D eigenvalue weighted by molar-refractivity contribution is 8.00. The van der Waals surface area contributed by atoms with E-state index in [0.29, 0.717) is 12.1 Å². The molecule has 1 aliphatic rings. The van der Waals surface area contributed by atoms with E-state index < -0.39 is 0 Å². The fourth-order valence-corrected chi connectivity index (χ4v) is 3.44. The largest absolute Gasteiger partial charge is 0.325 e. The van der Waals surface area contributed by atoms with Crippen LogP contribution in [0.5, 0.6) is 0 Å². The quantitative estimate of drug-likeness (QED) is 0.848. The van der Waals surface area contributed by atoms with Gasteiger partial charge in [-0.15, -0.1) is 11.8 Å². The molecule has 1 aromatic carbocycles. The standard InChI is InChI=1S/C18H19N3O2S/c1-13(24-16-7-9-19-10-8-16)18(23)20-14-4-2-5-15(12-14)21-11-3-6-17(21)22/h2,4-5,7-10,12-13H,3,6,11H2,1H3,(H,20,23)/t13-/m1/s1. The Morgan fingerprint density at radius 2 is 2.08 bits per heavy atom. The first-order valence-corrected chi connectivity index (χ1v) is 8.79. The van der Waals surface area contributed by atoms with Crippen LogP contribution in [-0.2, 0) is 9.59 Å². The van der Waals surface area contributed by atoms with Gasteiger partial charge in [-0.2, -0.15) is 0 Å². The van der Waals surface area contributed by atoms with Gasteiger partial charge in [0.2, 0.25) is 11.8 Å². The second-order valence-corrected chi connectivity index (χ2v) is 7.05. The Kier molecular flexibility index (Phi) is 5.15. The molecule has 1 fully saturated rings. The minimum absolute atomic E-state index is 0.0679. The molecule has 0 saturated carbocycles. The summed E-state index contributed by atoms with van der Waals surface area (Å²) in [6.07, 6.45) is 4.90. The van der Waals surface area contributed by atoms with Crippen LogP contribution in [0.15, 0.2) is 53.7 Å². The SMILES string of the molecule is C[C@@H](Sc1ccncc1)C(=O)Nc1cccc(N2CCCC2=O)c1. The van der Waals surface area contributed by atoms with Gasteiger partial charge in [-0.1, -0.05) is 6.07 Å². The van der Waals surface area contributed by atoms with Crippen molar-refractivity contribution in [2.75, 3.05) is 16.8 Å². The Balaban J connectivity index is 1.65.